The summed E-state index contributed by atoms with van der Waals surface area (Å²) in [4.78, 5) is 3.91. The highest BCUT2D eigenvalue weighted by molar-refractivity contribution is 7.80. The second-order valence-corrected chi connectivity index (χ2v) is 5.48. The second kappa shape index (κ2) is 8.02. The van der Waals surface area contributed by atoms with Gasteiger partial charge in [0.15, 0.2) is 5.11 Å². The van der Waals surface area contributed by atoms with Gasteiger partial charge in [-0.25, -0.2) is 0 Å². The van der Waals surface area contributed by atoms with Crippen LogP contribution in [0.1, 0.15) is 12.5 Å². The van der Waals surface area contributed by atoms with E-state index in [1.165, 1.54) is 5.56 Å². The molecule has 3 nitrogen and oxygen atoms in total. The topological polar surface area (TPSA) is 19.7 Å². The summed E-state index contributed by atoms with van der Waals surface area (Å²) in [5.41, 5.74) is 1.28. The van der Waals surface area contributed by atoms with Gasteiger partial charge in [-0.05, 0) is 30.8 Å². The van der Waals surface area contributed by atoms with Crippen molar-refractivity contribution in [3.05, 3.63) is 42.0 Å². The predicted molar refractivity (Wildman–Crippen MR) is 88.9 cm³/mol. The van der Waals surface area contributed by atoms with Gasteiger partial charge in [-0.1, -0.05) is 36.4 Å². The molecule has 0 spiro atoms. The molecule has 0 aromatic heterocycles. The second-order valence-electron chi connectivity index (χ2n) is 5.09. The molecule has 4 heteroatoms. The van der Waals surface area contributed by atoms with Crippen LogP contribution < -0.4 is 10.2 Å². The lowest BCUT2D eigenvalue weighted by Gasteiger charge is -2.33. The first-order valence-corrected chi connectivity index (χ1v) is 7.78. The Hall–Kier alpha value is -1.39. The van der Waals surface area contributed by atoms with Gasteiger partial charge < -0.3 is 15.1 Å². The standard InChI is InChI=1S/C16H23N3S/c1-2-17-16(20)19-13-11-18(12-14-19)10-6-9-15-7-4-3-5-8-15/h3-9H,2,10-14H2,1H3,(H,17,20)/p+1/b9-6+. The zero-order valence-electron chi connectivity index (χ0n) is 12.1. The lowest BCUT2D eigenvalue weighted by Crippen LogP contribution is -3.14. The Bertz CT molecular complexity index is 436. The van der Waals surface area contributed by atoms with E-state index in [2.05, 4.69) is 59.6 Å². The Balaban J connectivity index is 1.72. The Kier molecular flexibility index (Phi) is 6.02. The summed E-state index contributed by atoms with van der Waals surface area (Å²) in [6, 6.07) is 10.5. The number of quaternary nitrogens is 1. The number of hydrogen-bond acceptors (Lipinski definition) is 1. The summed E-state index contributed by atoms with van der Waals surface area (Å²) in [5.74, 6) is 0. The minimum absolute atomic E-state index is 0.908. The van der Waals surface area contributed by atoms with Crippen LogP contribution in [0.4, 0.5) is 0 Å². The molecule has 0 aliphatic carbocycles. The fourth-order valence-corrected chi connectivity index (χ4v) is 2.75. The van der Waals surface area contributed by atoms with Crippen molar-refractivity contribution in [2.75, 3.05) is 39.3 Å². The molecule has 0 saturated carbocycles. The number of rotatable bonds is 4. The van der Waals surface area contributed by atoms with E-state index < -0.39 is 0 Å². The van der Waals surface area contributed by atoms with Crippen molar-refractivity contribution >= 4 is 23.4 Å². The molecule has 2 rings (SSSR count). The molecule has 0 radical (unpaired) electrons. The molecule has 2 N–H and O–H groups in total. The van der Waals surface area contributed by atoms with Crippen LogP contribution in [-0.2, 0) is 0 Å². The van der Waals surface area contributed by atoms with Gasteiger partial charge in [0, 0.05) is 6.54 Å². The molecule has 20 heavy (non-hydrogen) atoms. The molecule has 0 amide bonds. The highest BCUT2D eigenvalue weighted by Gasteiger charge is 2.20. The number of benzene rings is 1. The van der Waals surface area contributed by atoms with Crippen molar-refractivity contribution < 1.29 is 4.90 Å². The van der Waals surface area contributed by atoms with Crippen LogP contribution >= 0.6 is 12.2 Å². The minimum Gasteiger partial charge on any atom is -0.363 e. The highest BCUT2D eigenvalue weighted by atomic mass is 32.1. The number of piperazine rings is 1. The van der Waals surface area contributed by atoms with Crippen molar-refractivity contribution in [3.63, 3.8) is 0 Å². The van der Waals surface area contributed by atoms with Gasteiger partial charge in [0.2, 0.25) is 0 Å². The molecular weight excluding hydrogens is 266 g/mol. The number of hydrogen-bond donors (Lipinski definition) is 2. The van der Waals surface area contributed by atoms with E-state index in [1.807, 2.05) is 0 Å². The maximum Gasteiger partial charge on any atom is 0.169 e. The largest absolute Gasteiger partial charge is 0.363 e. The van der Waals surface area contributed by atoms with Crippen molar-refractivity contribution in [2.45, 2.75) is 6.92 Å². The van der Waals surface area contributed by atoms with Gasteiger partial charge in [-0.15, -0.1) is 0 Å². The van der Waals surface area contributed by atoms with Crippen LogP contribution in [0.25, 0.3) is 6.08 Å². The SMILES string of the molecule is CCNC(=S)N1CC[NH+](C/C=C/c2ccccc2)CC1. The van der Waals surface area contributed by atoms with Crippen molar-refractivity contribution in [1.29, 1.82) is 0 Å². The van der Waals surface area contributed by atoms with Gasteiger partial charge in [0.05, 0.1) is 32.7 Å². The molecule has 0 unspecified atom stereocenters. The quantitative estimate of drug-likeness (QED) is 0.800. The molecule has 0 atom stereocenters. The monoisotopic (exact) mass is 290 g/mol. The molecule has 1 aromatic carbocycles. The third-order valence-electron chi connectivity index (χ3n) is 3.60. The van der Waals surface area contributed by atoms with Crippen LogP contribution in [-0.4, -0.2) is 49.3 Å². The highest BCUT2D eigenvalue weighted by Crippen LogP contribution is 1.99. The van der Waals surface area contributed by atoms with E-state index in [0.717, 1.165) is 44.4 Å². The van der Waals surface area contributed by atoms with Crippen molar-refractivity contribution in [1.82, 2.24) is 10.2 Å². The molecule has 1 aliphatic rings. The van der Waals surface area contributed by atoms with Gasteiger partial charge in [0.25, 0.3) is 0 Å². The third kappa shape index (κ3) is 4.62. The minimum atomic E-state index is 0.908. The first-order chi connectivity index (χ1) is 9.79. The summed E-state index contributed by atoms with van der Waals surface area (Å²) in [6.45, 7) is 8.51. The van der Waals surface area contributed by atoms with E-state index in [1.54, 1.807) is 4.90 Å². The Labute approximate surface area is 127 Å². The fraction of sp³-hybridized carbons (Fsp3) is 0.438. The average Bonchev–Trinajstić information content (AvgIpc) is 2.49. The van der Waals surface area contributed by atoms with Crippen LogP contribution in [0.2, 0.25) is 0 Å². The Morgan fingerprint density at radius 3 is 2.65 bits per heavy atom. The number of nitrogens with zero attached hydrogens (tertiary/aromatic N) is 1. The third-order valence-corrected chi connectivity index (χ3v) is 4.00. The molecule has 1 heterocycles. The fourth-order valence-electron chi connectivity index (χ4n) is 2.42. The van der Waals surface area contributed by atoms with E-state index in [9.17, 15) is 0 Å². The van der Waals surface area contributed by atoms with Gasteiger partial charge in [-0.2, -0.15) is 0 Å². The molecule has 1 fully saturated rings. The lowest BCUT2D eigenvalue weighted by atomic mass is 10.2. The molecule has 1 aromatic rings. The Morgan fingerprint density at radius 2 is 2.00 bits per heavy atom. The number of thiocarbonyl (C=S) groups is 1. The zero-order chi connectivity index (χ0) is 14.2. The van der Waals surface area contributed by atoms with Crippen LogP contribution in [0.3, 0.4) is 0 Å². The van der Waals surface area contributed by atoms with E-state index in [4.69, 9.17) is 12.2 Å². The van der Waals surface area contributed by atoms with Crippen LogP contribution in [0, 0.1) is 0 Å². The maximum absolute atomic E-state index is 5.35. The van der Waals surface area contributed by atoms with E-state index >= 15 is 0 Å². The lowest BCUT2D eigenvalue weighted by molar-refractivity contribution is -0.897. The summed E-state index contributed by atoms with van der Waals surface area (Å²) in [6.07, 6.45) is 4.49. The van der Waals surface area contributed by atoms with Crippen LogP contribution in [0.5, 0.6) is 0 Å². The summed E-state index contributed by atoms with van der Waals surface area (Å²) in [7, 11) is 0. The predicted octanol–water partition coefficient (Wildman–Crippen LogP) is 0.795. The van der Waals surface area contributed by atoms with E-state index in [0.29, 0.717) is 0 Å². The molecule has 0 bridgehead atoms. The summed E-state index contributed by atoms with van der Waals surface area (Å²) in [5, 5.41) is 4.14. The normalized spacial score (nSPS) is 16.6. The smallest absolute Gasteiger partial charge is 0.169 e. The summed E-state index contributed by atoms with van der Waals surface area (Å²) < 4.78 is 0. The molecule has 108 valence electrons. The van der Waals surface area contributed by atoms with Crippen molar-refractivity contribution in [3.8, 4) is 0 Å². The van der Waals surface area contributed by atoms with Gasteiger partial charge >= 0.3 is 0 Å². The zero-order valence-corrected chi connectivity index (χ0v) is 13.0. The molecule has 1 saturated heterocycles. The maximum atomic E-state index is 5.35. The number of nitrogens with one attached hydrogen (secondary N) is 2. The van der Waals surface area contributed by atoms with Crippen LogP contribution in [0.15, 0.2) is 36.4 Å². The summed E-state index contributed by atoms with van der Waals surface area (Å²) >= 11 is 5.35. The Morgan fingerprint density at radius 1 is 1.30 bits per heavy atom. The van der Waals surface area contributed by atoms with E-state index in [-0.39, 0.29) is 0 Å². The molecular formula is C16H24N3S+. The van der Waals surface area contributed by atoms with Gasteiger partial charge in [0.1, 0.15) is 0 Å². The van der Waals surface area contributed by atoms with Crippen molar-refractivity contribution in [2.24, 2.45) is 0 Å². The van der Waals surface area contributed by atoms with Gasteiger partial charge in [-0.3, -0.25) is 0 Å². The molecule has 1 aliphatic heterocycles. The first kappa shape index (κ1) is 15.0. The first-order valence-electron chi connectivity index (χ1n) is 7.37. The average molecular weight is 290 g/mol.